The summed E-state index contributed by atoms with van der Waals surface area (Å²) in [5, 5.41) is 0. The third-order valence-corrected chi connectivity index (χ3v) is 5.51. The number of nitrogens with zero attached hydrogens (tertiary/aromatic N) is 2. The minimum atomic E-state index is 0.0609. The minimum absolute atomic E-state index is 0.0609. The van der Waals surface area contributed by atoms with Crippen LogP contribution in [-0.4, -0.2) is 66.9 Å². The van der Waals surface area contributed by atoms with Crippen molar-refractivity contribution >= 4 is 11.8 Å². The van der Waals surface area contributed by atoms with Crippen LogP contribution in [0.3, 0.4) is 0 Å². The second kappa shape index (κ2) is 6.34. The molecule has 3 rings (SSSR count). The summed E-state index contributed by atoms with van der Waals surface area (Å²) in [5.41, 5.74) is 0. The van der Waals surface area contributed by atoms with E-state index >= 15 is 0 Å². The topological polar surface area (TPSA) is 45.1 Å². The Kier molecular flexibility index (Phi) is 4.48. The lowest BCUT2D eigenvalue weighted by Gasteiger charge is -2.40. The molecule has 1 N–H and O–H groups in total. The van der Waals surface area contributed by atoms with Gasteiger partial charge in [0, 0.05) is 32.5 Å². The van der Waals surface area contributed by atoms with E-state index in [-0.39, 0.29) is 17.7 Å². The Morgan fingerprint density at radius 2 is 1.81 bits per heavy atom. The number of hydrogen-bond donors (Lipinski definition) is 1. The van der Waals surface area contributed by atoms with E-state index in [1.54, 1.807) is 4.90 Å². The lowest BCUT2D eigenvalue weighted by Crippen LogP contribution is -3.17. The fraction of sp³-hybridized carbons (Fsp3) is 0.875. The summed E-state index contributed by atoms with van der Waals surface area (Å²) in [4.78, 5) is 29.7. The summed E-state index contributed by atoms with van der Waals surface area (Å²) >= 11 is 0. The molecule has 21 heavy (non-hydrogen) atoms. The molecule has 0 aromatic heterocycles. The number of quaternary nitrogens is 1. The van der Waals surface area contributed by atoms with Crippen molar-refractivity contribution in [2.75, 3.05) is 39.3 Å². The second-order valence-electron chi connectivity index (χ2n) is 6.81. The highest BCUT2D eigenvalue weighted by atomic mass is 16.2. The molecule has 2 saturated heterocycles. The van der Waals surface area contributed by atoms with E-state index in [1.165, 1.54) is 25.8 Å². The van der Waals surface area contributed by atoms with Gasteiger partial charge in [-0.3, -0.25) is 9.59 Å². The number of nitrogens with one attached hydrogen (secondary N) is 1. The fourth-order valence-electron chi connectivity index (χ4n) is 3.78. The average Bonchev–Trinajstić information content (AvgIpc) is 2.60. The van der Waals surface area contributed by atoms with Crippen LogP contribution in [0.5, 0.6) is 0 Å². The summed E-state index contributed by atoms with van der Waals surface area (Å²) in [7, 11) is 0. The van der Waals surface area contributed by atoms with Crippen LogP contribution in [0.25, 0.3) is 0 Å². The van der Waals surface area contributed by atoms with Gasteiger partial charge in [0.2, 0.25) is 11.8 Å². The van der Waals surface area contributed by atoms with Gasteiger partial charge in [0.15, 0.2) is 0 Å². The van der Waals surface area contributed by atoms with Crippen LogP contribution in [0.1, 0.15) is 39.0 Å². The maximum Gasteiger partial charge on any atom is 0.229 e. The first-order valence-corrected chi connectivity index (χ1v) is 8.60. The molecule has 0 aromatic rings. The molecule has 1 saturated carbocycles. The van der Waals surface area contributed by atoms with Crippen LogP contribution in [0.15, 0.2) is 0 Å². The number of hydrogen-bond acceptors (Lipinski definition) is 2. The summed E-state index contributed by atoms with van der Waals surface area (Å²) in [6.45, 7) is 7.31. The van der Waals surface area contributed by atoms with E-state index in [1.807, 2.05) is 11.8 Å². The van der Waals surface area contributed by atoms with Gasteiger partial charge in [0.25, 0.3) is 0 Å². The molecule has 0 aromatic carbocycles. The molecular formula is C16H28N3O2+. The smallest absolute Gasteiger partial charge is 0.229 e. The first-order chi connectivity index (χ1) is 10.2. The van der Waals surface area contributed by atoms with Crippen LogP contribution in [0.2, 0.25) is 0 Å². The zero-order chi connectivity index (χ0) is 14.8. The van der Waals surface area contributed by atoms with E-state index in [2.05, 4.69) is 4.90 Å². The third-order valence-electron chi connectivity index (χ3n) is 5.51. The SMILES string of the molecule is CCC(=O)N1CC(C(=O)N2CCC[NH+](C3CCC3)CC2)C1. The van der Waals surface area contributed by atoms with Crippen molar-refractivity contribution in [3.63, 3.8) is 0 Å². The highest BCUT2D eigenvalue weighted by Gasteiger charge is 2.38. The fourth-order valence-corrected chi connectivity index (χ4v) is 3.78. The quantitative estimate of drug-likeness (QED) is 0.764. The lowest BCUT2D eigenvalue weighted by molar-refractivity contribution is -0.929. The van der Waals surface area contributed by atoms with Gasteiger partial charge in [-0.25, -0.2) is 0 Å². The second-order valence-corrected chi connectivity index (χ2v) is 6.81. The molecule has 3 fully saturated rings. The Labute approximate surface area is 127 Å². The summed E-state index contributed by atoms with van der Waals surface area (Å²) in [6, 6.07) is 0.862. The predicted octanol–water partition coefficient (Wildman–Crippen LogP) is -0.475. The van der Waals surface area contributed by atoms with Gasteiger partial charge >= 0.3 is 0 Å². The van der Waals surface area contributed by atoms with Crippen LogP contribution in [0.4, 0.5) is 0 Å². The van der Waals surface area contributed by atoms with Crippen molar-refractivity contribution in [3.8, 4) is 0 Å². The standard InChI is InChI=1S/C16H27N3O2/c1-2-15(20)19-11-13(12-19)16(21)18-8-4-7-17(9-10-18)14-5-3-6-14/h13-14H,2-12H2,1H3/p+1. The normalized spacial score (nSPS) is 27.8. The van der Waals surface area contributed by atoms with Crippen molar-refractivity contribution in [1.82, 2.24) is 9.80 Å². The van der Waals surface area contributed by atoms with Gasteiger partial charge in [0.05, 0.1) is 31.6 Å². The first kappa shape index (κ1) is 14.8. The maximum absolute atomic E-state index is 12.5. The maximum atomic E-state index is 12.5. The molecular weight excluding hydrogens is 266 g/mol. The van der Waals surface area contributed by atoms with Gasteiger partial charge in [-0.2, -0.15) is 0 Å². The Bertz CT molecular complexity index is 402. The van der Waals surface area contributed by atoms with E-state index in [4.69, 9.17) is 0 Å². The Morgan fingerprint density at radius 3 is 2.43 bits per heavy atom. The van der Waals surface area contributed by atoms with Crippen molar-refractivity contribution in [2.24, 2.45) is 5.92 Å². The zero-order valence-corrected chi connectivity index (χ0v) is 13.1. The molecule has 1 aliphatic carbocycles. The Balaban J connectivity index is 1.46. The van der Waals surface area contributed by atoms with Gasteiger partial charge in [-0.15, -0.1) is 0 Å². The van der Waals surface area contributed by atoms with Crippen LogP contribution in [0, 0.1) is 5.92 Å². The molecule has 0 radical (unpaired) electrons. The molecule has 2 aliphatic heterocycles. The summed E-state index contributed by atoms with van der Waals surface area (Å²) in [6.07, 6.45) is 5.81. The minimum Gasteiger partial charge on any atom is -0.341 e. The van der Waals surface area contributed by atoms with Crippen molar-refractivity contribution < 1.29 is 14.5 Å². The molecule has 5 heteroatoms. The Hall–Kier alpha value is -1.10. The largest absolute Gasteiger partial charge is 0.341 e. The molecule has 5 nitrogen and oxygen atoms in total. The summed E-state index contributed by atoms with van der Waals surface area (Å²) < 4.78 is 0. The first-order valence-electron chi connectivity index (χ1n) is 8.60. The van der Waals surface area contributed by atoms with Crippen LogP contribution < -0.4 is 4.90 Å². The molecule has 1 atom stereocenters. The van der Waals surface area contributed by atoms with Crippen molar-refractivity contribution in [1.29, 1.82) is 0 Å². The van der Waals surface area contributed by atoms with Gasteiger partial charge in [0.1, 0.15) is 0 Å². The average molecular weight is 294 g/mol. The van der Waals surface area contributed by atoms with Gasteiger partial charge in [-0.1, -0.05) is 6.92 Å². The Morgan fingerprint density at radius 1 is 1.05 bits per heavy atom. The van der Waals surface area contributed by atoms with Crippen molar-refractivity contribution in [2.45, 2.75) is 45.1 Å². The number of carbonyl (C=O) groups is 2. The van der Waals surface area contributed by atoms with Gasteiger partial charge in [-0.05, 0) is 19.3 Å². The van der Waals surface area contributed by atoms with E-state index in [9.17, 15) is 9.59 Å². The number of amides is 2. The monoisotopic (exact) mass is 294 g/mol. The molecule has 2 heterocycles. The molecule has 0 spiro atoms. The number of rotatable bonds is 3. The van der Waals surface area contributed by atoms with E-state index < -0.39 is 0 Å². The number of carbonyl (C=O) groups excluding carboxylic acids is 2. The molecule has 0 bridgehead atoms. The van der Waals surface area contributed by atoms with E-state index in [0.29, 0.717) is 19.5 Å². The van der Waals surface area contributed by atoms with Gasteiger partial charge < -0.3 is 14.7 Å². The van der Waals surface area contributed by atoms with E-state index in [0.717, 1.165) is 32.1 Å². The van der Waals surface area contributed by atoms with Crippen LogP contribution in [-0.2, 0) is 9.59 Å². The van der Waals surface area contributed by atoms with Crippen molar-refractivity contribution in [3.05, 3.63) is 0 Å². The number of likely N-dealkylation sites (tertiary alicyclic amines) is 1. The molecule has 118 valence electrons. The predicted molar refractivity (Wildman–Crippen MR) is 79.9 cm³/mol. The highest BCUT2D eigenvalue weighted by Crippen LogP contribution is 2.20. The highest BCUT2D eigenvalue weighted by molar-refractivity contribution is 5.84. The molecule has 2 amide bonds. The molecule has 1 unspecified atom stereocenters. The zero-order valence-electron chi connectivity index (χ0n) is 13.1. The molecule has 3 aliphatic rings. The third kappa shape index (κ3) is 3.07. The summed E-state index contributed by atoms with van der Waals surface area (Å²) in [5.74, 6) is 0.520. The lowest BCUT2D eigenvalue weighted by atomic mass is 9.91. The van der Waals surface area contributed by atoms with Crippen LogP contribution >= 0.6 is 0 Å².